The number of aromatic carboxylic acids is 1. The van der Waals surface area contributed by atoms with E-state index in [4.69, 9.17) is 10.2 Å². The maximum absolute atomic E-state index is 10.7. The normalized spacial score (nSPS) is 21.4. The fraction of sp³-hybridized carbons (Fsp3) is 0.545. The Morgan fingerprint density at radius 3 is 2.94 bits per heavy atom. The van der Waals surface area contributed by atoms with E-state index in [2.05, 4.69) is 4.90 Å². The quantitative estimate of drug-likeness (QED) is 0.833. The molecule has 5 heteroatoms. The Bertz CT molecular complexity index is 377. The average Bonchev–Trinajstić information content (AvgIpc) is 2.87. The monoisotopic (exact) mass is 241 g/mol. The minimum absolute atomic E-state index is 0.251. The second-order valence-electron chi connectivity index (χ2n) is 4.14. The highest BCUT2D eigenvalue weighted by molar-refractivity contribution is 7.13. The van der Waals surface area contributed by atoms with Gasteiger partial charge in [0.15, 0.2) is 0 Å². The van der Waals surface area contributed by atoms with E-state index >= 15 is 0 Å². The van der Waals surface area contributed by atoms with Crippen molar-refractivity contribution < 1.29 is 15.0 Å². The molecule has 0 aliphatic carbocycles. The molecule has 0 radical (unpaired) electrons. The first kappa shape index (κ1) is 11.6. The van der Waals surface area contributed by atoms with Crippen molar-refractivity contribution >= 4 is 17.3 Å². The van der Waals surface area contributed by atoms with Crippen LogP contribution in [0.25, 0.3) is 0 Å². The molecule has 1 aromatic rings. The zero-order chi connectivity index (χ0) is 11.5. The molecule has 1 fully saturated rings. The number of likely N-dealkylation sites (tertiary alicyclic amines) is 1. The van der Waals surface area contributed by atoms with Gasteiger partial charge in [-0.05, 0) is 31.0 Å². The minimum atomic E-state index is -0.856. The third-order valence-electron chi connectivity index (χ3n) is 2.88. The molecule has 1 atom stereocenters. The van der Waals surface area contributed by atoms with Crippen molar-refractivity contribution in [1.29, 1.82) is 0 Å². The van der Waals surface area contributed by atoms with Gasteiger partial charge < -0.3 is 10.2 Å². The summed E-state index contributed by atoms with van der Waals surface area (Å²) in [5, 5.41) is 17.8. The topological polar surface area (TPSA) is 60.8 Å². The van der Waals surface area contributed by atoms with Crippen LogP contribution in [0.5, 0.6) is 0 Å². The lowest BCUT2D eigenvalue weighted by Crippen LogP contribution is -2.20. The molecule has 2 rings (SSSR count). The smallest absolute Gasteiger partial charge is 0.345 e. The standard InChI is InChI=1S/C11H15NO3S/c13-7-8-3-4-12(5-8)6-9-1-2-10(16-9)11(14)15/h1-2,8,13H,3-7H2,(H,14,15). The minimum Gasteiger partial charge on any atom is -0.477 e. The van der Waals surface area contributed by atoms with Crippen molar-refractivity contribution in [3.05, 3.63) is 21.9 Å². The van der Waals surface area contributed by atoms with Crippen LogP contribution in [0.1, 0.15) is 21.0 Å². The molecular weight excluding hydrogens is 226 g/mol. The number of aliphatic hydroxyl groups is 1. The predicted molar refractivity (Wildman–Crippen MR) is 61.7 cm³/mol. The Labute approximate surface area is 98.1 Å². The number of aliphatic hydroxyl groups excluding tert-OH is 1. The molecule has 4 nitrogen and oxygen atoms in total. The van der Waals surface area contributed by atoms with Crippen LogP contribution in [0.4, 0.5) is 0 Å². The van der Waals surface area contributed by atoms with Gasteiger partial charge in [-0.25, -0.2) is 4.79 Å². The van der Waals surface area contributed by atoms with Crippen LogP contribution in [0.3, 0.4) is 0 Å². The SMILES string of the molecule is O=C(O)c1ccc(CN2CCC(CO)C2)s1. The summed E-state index contributed by atoms with van der Waals surface area (Å²) < 4.78 is 0. The zero-order valence-corrected chi connectivity index (χ0v) is 9.74. The van der Waals surface area contributed by atoms with E-state index in [-0.39, 0.29) is 6.61 Å². The van der Waals surface area contributed by atoms with Gasteiger partial charge in [0.1, 0.15) is 4.88 Å². The van der Waals surface area contributed by atoms with Crippen molar-refractivity contribution in [3.8, 4) is 0 Å². The second-order valence-corrected chi connectivity index (χ2v) is 5.31. The fourth-order valence-electron chi connectivity index (χ4n) is 2.00. The molecule has 0 aromatic carbocycles. The predicted octanol–water partition coefficient (Wildman–Crippen LogP) is 1.26. The zero-order valence-electron chi connectivity index (χ0n) is 8.93. The fourth-order valence-corrected chi connectivity index (χ4v) is 2.89. The molecule has 1 aliphatic rings. The van der Waals surface area contributed by atoms with Gasteiger partial charge in [0, 0.05) is 24.6 Å². The van der Waals surface area contributed by atoms with Crippen molar-refractivity contribution in [2.75, 3.05) is 19.7 Å². The van der Waals surface area contributed by atoms with Crippen LogP contribution in [-0.4, -0.2) is 40.8 Å². The second kappa shape index (κ2) is 4.95. The number of carboxylic acid groups (broad SMARTS) is 1. The van der Waals surface area contributed by atoms with Crippen molar-refractivity contribution in [1.82, 2.24) is 4.90 Å². The van der Waals surface area contributed by atoms with Crippen LogP contribution in [0.15, 0.2) is 12.1 Å². The molecule has 0 amide bonds. The van der Waals surface area contributed by atoms with E-state index in [1.807, 2.05) is 6.07 Å². The Morgan fingerprint density at radius 1 is 1.56 bits per heavy atom. The summed E-state index contributed by atoms with van der Waals surface area (Å²) in [5.41, 5.74) is 0. The maximum atomic E-state index is 10.7. The number of hydrogen-bond donors (Lipinski definition) is 2. The Balaban J connectivity index is 1.92. The first-order valence-electron chi connectivity index (χ1n) is 5.34. The average molecular weight is 241 g/mol. The number of nitrogens with zero attached hydrogens (tertiary/aromatic N) is 1. The summed E-state index contributed by atoms with van der Waals surface area (Å²) in [4.78, 5) is 14.5. The van der Waals surface area contributed by atoms with Crippen molar-refractivity contribution in [2.24, 2.45) is 5.92 Å². The van der Waals surface area contributed by atoms with Gasteiger partial charge in [0.05, 0.1) is 0 Å². The summed E-state index contributed by atoms with van der Waals surface area (Å²) in [6, 6.07) is 3.53. The van der Waals surface area contributed by atoms with E-state index in [0.717, 1.165) is 30.9 Å². The van der Waals surface area contributed by atoms with E-state index in [9.17, 15) is 4.79 Å². The van der Waals surface area contributed by atoms with Crippen LogP contribution in [0, 0.1) is 5.92 Å². The first-order chi connectivity index (χ1) is 7.69. The number of carboxylic acids is 1. The number of carbonyl (C=O) groups is 1. The van der Waals surface area contributed by atoms with Crippen LogP contribution >= 0.6 is 11.3 Å². The molecule has 88 valence electrons. The first-order valence-corrected chi connectivity index (χ1v) is 6.16. The van der Waals surface area contributed by atoms with Gasteiger partial charge in [-0.2, -0.15) is 0 Å². The van der Waals surface area contributed by atoms with E-state index in [1.54, 1.807) is 6.07 Å². The summed E-state index contributed by atoms with van der Waals surface area (Å²) in [6.07, 6.45) is 1.04. The summed E-state index contributed by atoms with van der Waals surface area (Å²) >= 11 is 1.33. The summed E-state index contributed by atoms with van der Waals surface area (Å²) in [5.74, 6) is -0.468. The lowest BCUT2D eigenvalue weighted by Gasteiger charge is -2.13. The molecule has 2 N–H and O–H groups in total. The molecule has 1 aromatic heterocycles. The van der Waals surface area contributed by atoms with Gasteiger partial charge >= 0.3 is 5.97 Å². The molecule has 0 spiro atoms. The van der Waals surface area contributed by atoms with Gasteiger partial charge in [-0.3, -0.25) is 4.90 Å². The lowest BCUT2D eigenvalue weighted by atomic mass is 10.1. The molecule has 0 bridgehead atoms. The third kappa shape index (κ3) is 2.61. The van der Waals surface area contributed by atoms with Crippen molar-refractivity contribution in [3.63, 3.8) is 0 Å². The number of rotatable bonds is 4. The maximum Gasteiger partial charge on any atom is 0.345 e. The molecule has 1 aliphatic heterocycles. The van der Waals surface area contributed by atoms with Crippen LogP contribution in [-0.2, 0) is 6.54 Å². The van der Waals surface area contributed by atoms with Gasteiger partial charge in [0.2, 0.25) is 0 Å². The molecule has 0 saturated carbocycles. The summed E-state index contributed by atoms with van der Waals surface area (Å²) in [7, 11) is 0. The van der Waals surface area contributed by atoms with E-state index in [0.29, 0.717) is 10.8 Å². The number of thiophene rings is 1. The highest BCUT2D eigenvalue weighted by atomic mass is 32.1. The van der Waals surface area contributed by atoms with Crippen LogP contribution < -0.4 is 0 Å². The van der Waals surface area contributed by atoms with E-state index < -0.39 is 5.97 Å². The van der Waals surface area contributed by atoms with Gasteiger partial charge in [-0.15, -0.1) is 11.3 Å². The number of hydrogen-bond acceptors (Lipinski definition) is 4. The van der Waals surface area contributed by atoms with E-state index in [1.165, 1.54) is 11.3 Å². The highest BCUT2D eigenvalue weighted by Crippen LogP contribution is 2.22. The third-order valence-corrected chi connectivity index (χ3v) is 3.94. The Morgan fingerprint density at radius 2 is 2.38 bits per heavy atom. The molecule has 1 saturated heterocycles. The molecular formula is C11H15NO3S. The van der Waals surface area contributed by atoms with Crippen LogP contribution in [0.2, 0.25) is 0 Å². The largest absolute Gasteiger partial charge is 0.477 e. The molecule has 1 unspecified atom stereocenters. The lowest BCUT2D eigenvalue weighted by molar-refractivity contribution is 0.0702. The van der Waals surface area contributed by atoms with Gasteiger partial charge in [-0.1, -0.05) is 0 Å². The molecule has 16 heavy (non-hydrogen) atoms. The van der Waals surface area contributed by atoms with Crippen molar-refractivity contribution in [2.45, 2.75) is 13.0 Å². The summed E-state index contributed by atoms with van der Waals surface area (Å²) in [6.45, 7) is 2.96. The van der Waals surface area contributed by atoms with Gasteiger partial charge in [0.25, 0.3) is 0 Å². The Hall–Kier alpha value is -0.910. The molecule has 2 heterocycles. The Kier molecular flexibility index (Phi) is 3.58. The highest BCUT2D eigenvalue weighted by Gasteiger charge is 2.22.